The third-order valence-electron chi connectivity index (χ3n) is 3.61. The van der Waals surface area contributed by atoms with Gasteiger partial charge in [-0.3, -0.25) is 4.79 Å². The van der Waals surface area contributed by atoms with Crippen molar-refractivity contribution >= 4 is 17.7 Å². The molecular weight excluding hydrogens is 304 g/mol. The number of benzene rings is 1. The summed E-state index contributed by atoms with van der Waals surface area (Å²) in [5.74, 6) is 6.18. The molecule has 1 aromatic carbocycles. The highest BCUT2D eigenvalue weighted by molar-refractivity contribution is 7.12. The van der Waals surface area contributed by atoms with Crippen LogP contribution in [-0.2, 0) is 4.79 Å². The van der Waals surface area contributed by atoms with Crippen LogP contribution in [0.25, 0.3) is 0 Å². The zero-order valence-electron chi connectivity index (χ0n) is 13.6. The molecule has 0 radical (unpaired) electrons. The first-order chi connectivity index (χ1) is 11.2. The van der Waals surface area contributed by atoms with Gasteiger partial charge in [0.25, 0.3) is 0 Å². The van der Waals surface area contributed by atoms with Crippen molar-refractivity contribution in [1.29, 1.82) is 0 Å². The molecule has 1 fully saturated rings. The van der Waals surface area contributed by atoms with E-state index in [4.69, 9.17) is 0 Å². The van der Waals surface area contributed by atoms with Crippen molar-refractivity contribution in [3.63, 3.8) is 0 Å². The SMILES string of the molecule is Cc1cccc(C#Cc2ncc(C)s2)c1.O=CNC1CCCC1. The van der Waals surface area contributed by atoms with Crippen LogP contribution in [-0.4, -0.2) is 17.4 Å². The van der Waals surface area contributed by atoms with Crippen LogP contribution < -0.4 is 5.32 Å². The fourth-order valence-electron chi connectivity index (χ4n) is 2.45. The van der Waals surface area contributed by atoms with Gasteiger partial charge in [-0.1, -0.05) is 30.9 Å². The topological polar surface area (TPSA) is 42.0 Å². The summed E-state index contributed by atoms with van der Waals surface area (Å²) in [6.07, 6.45) is 7.58. The van der Waals surface area contributed by atoms with Gasteiger partial charge in [-0.2, -0.15) is 0 Å². The summed E-state index contributed by atoms with van der Waals surface area (Å²) in [5, 5.41) is 3.65. The molecule has 1 amide bonds. The summed E-state index contributed by atoms with van der Waals surface area (Å²) >= 11 is 1.63. The van der Waals surface area contributed by atoms with Crippen molar-refractivity contribution in [2.45, 2.75) is 45.6 Å². The molecule has 3 nitrogen and oxygen atoms in total. The predicted molar refractivity (Wildman–Crippen MR) is 95.5 cm³/mol. The van der Waals surface area contributed by atoms with Gasteiger partial charge in [0.15, 0.2) is 5.01 Å². The molecule has 4 heteroatoms. The lowest BCUT2D eigenvalue weighted by molar-refractivity contribution is -0.110. The number of aryl methyl sites for hydroxylation is 2. The van der Waals surface area contributed by atoms with Gasteiger partial charge in [0.1, 0.15) is 0 Å². The molecule has 0 unspecified atom stereocenters. The first kappa shape index (κ1) is 17.2. The molecule has 0 atom stereocenters. The normalized spacial score (nSPS) is 13.5. The summed E-state index contributed by atoms with van der Waals surface area (Å²) in [6.45, 7) is 4.11. The van der Waals surface area contributed by atoms with E-state index in [1.54, 1.807) is 11.3 Å². The number of thiazole rings is 1. The number of nitrogens with zero attached hydrogens (tertiary/aromatic N) is 1. The van der Waals surface area contributed by atoms with Crippen LogP contribution in [0.4, 0.5) is 0 Å². The van der Waals surface area contributed by atoms with Crippen LogP contribution in [0.5, 0.6) is 0 Å². The van der Waals surface area contributed by atoms with E-state index in [1.807, 2.05) is 25.3 Å². The van der Waals surface area contributed by atoms with Crippen molar-refractivity contribution in [2.75, 3.05) is 0 Å². The Balaban J connectivity index is 0.000000203. The Bertz CT molecular complexity index is 691. The van der Waals surface area contributed by atoms with E-state index in [0.717, 1.165) is 17.0 Å². The molecule has 120 valence electrons. The Labute approximate surface area is 142 Å². The monoisotopic (exact) mass is 326 g/mol. The molecule has 0 saturated heterocycles. The van der Waals surface area contributed by atoms with E-state index in [1.165, 1.54) is 36.1 Å². The molecule has 23 heavy (non-hydrogen) atoms. The zero-order valence-corrected chi connectivity index (χ0v) is 14.5. The summed E-state index contributed by atoms with van der Waals surface area (Å²) in [6, 6.07) is 8.67. The van der Waals surface area contributed by atoms with Gasteiger partial charge >= 0.3 is 0 Å². The Morgan fingerprint density at radius 1 is 1.26 bits per heavy atom. The molecule has 2 aromatic rings. The second-order valence-electron chi connectivity index (χ2n) is 5.66. The third-order valence-corrected chi connectivity index (χ3v) is 4.44. The van der Waals surface area contributed by atoms with Crippen LogP contribution >= 0.6 is 11.3 Å². The number of aromatic nitrogens is 1. The van der Waals surface area contributed by atoms with Gasteiger partial charge in [-0.15, -0.1) is 11.3 Å². The standard InChI is InChI=1S/C13H11NS.C6H11NO/c1-10-4-3-5-12(8-10)6-7-13-14-9-11(2)15-13;8-5-7-6-3-1-2-4-6/h3-5,8-9H,1-2H3;5-6H,1-4H2,(H,7,8). The lowest BCUT2D eigenvalue weighted by atomic mass is 10.1. The fraction of sp³-hybridized carbons (Fsp3) is 0.368. The minimum absolute atomic E-state index is 0.493. The van der Waals surface area contributed by atoms with Crippen LogP contribution in [0.1, 0.15) is 46.7 Å². The van der Waals surface area contributed by atoms with Crippen LogP contribution in [0, 0.1) is 25.7 Å². The fourth-order valence-corrected chi connectivity index (χ4v) is 3.07. The molecule has 0 spiro atoms. The molecule has 1 aliphatic rings. The van der Waals surface area contributed by atoms with Gasteiger partial charge < -0.3 is 5.32 Å². The number of carbonyl (C=O) groups excluding carboxylic acids is 1. The van der Waals surface area contributed by atoms with Gasteiger partial charge in [-0.05, 0) is 50.3 Å². The van der Waals surface area contributed by atoms with Crippen LogP contribution in [0.15, 0.2) is 30.5 Å². The van der Waals surface area contributed by atoms with E-state index in [2.05, 4.69) is 41.2 Å². The first-order valence-electron chi connectivity index (χ1n) is 7.88. The number of hydrogen-bond donors (Lipinski definition) is 1. The lowest BCUT2D eigenvalue weighted by Gasteiger charge is -2.03. The molecule has 1 saturated carbocycles. The van der Waals surface area contributed by atoms with Gasteiger partial charge in [0, 0.05) is 22.7 Å². The quantitative estimate of drug-likeness (QED) is 0.673. The van der Waals surface area contributed by atoms with Crippen molar-refractivity contribution in [1.82, 2.24) is 10.3 Å². The number of amides is 1. The largest absolute Gasteiger partial charge is 0.356 e. The maximum absolute atomic E-state index is 9.85. The van der Waals surface area contributed by atoms with Crippen molar-refractivity contribution in [3.8, 4) is 11.8 Å². The van der Waals surface area contributed by atoms with Crippen molar-refractivity contribution in [2.24, 2.45) is 0 Å². The Morgan fingerprint density at radius 2 is 2.04 bits per heavy atom. The summed E-state index contributed by atoms with van der Waals surface area (Å²) in [5.41, 5.74) is 2.28. The molecule has 0 aliphatic heterocycles. The lowest BCUT2D eigenvalue weighted by Crippen LogP contribution is -2.23. The highest BCUT2D eigenvalue weighted by Gasteiger charge is 2.12. The minimum atomic E-state index is 0.493. The Morgan fingerprint density at radius 3 is 2.65 bits per heavy atom. The van der Waals surface area contributed by atoms with Gasteiger partial charge in [0.2, 0.25) is 6.41 Å². The van der Waals surface area contributed by atoms with Gasteiger partial charge in [0.05, 0.1) is 0 Å². The maximum Gasteiger partial charge on any atom is 0.207 e. The minimum Gasteiger partial charge on any atom is -0.356 e. The molecule has 1 heterocycles. The number of hydrogen-bond acceptors (Lipinski definition) is 3. The molecule has 3 rings (SSSR count). The third kappa shape index (κ3) is 6.25. The zero-order chi connectivity index (χ0) is 16.5. The van der Waals surface area contributed by atoms with E-state index in [-0.39, 0.29) is 0 Å². The Kier molecular flexibility index (Phi) is 6.83. The van der Waals surface area contributed by atoms with Crippen LogP contribution in [0.3, 0.4) is 0 Å². The highest BCUT2D eigenvalue weighted by Crippen LogP contribution is 2.16. The van der Waals surface area contributed by atoms with Crippen molar-refractivity contribution in [3.05, 3.63) is 51.5 Å². The van der Waals surface area contributed by atoms with Crippen molar-refractivity contribution < 1.29 is 4.79 Å². The van der Waals surface area contributed by atoms with Crippen LogP contribution in [0.2, 0.25) is 0 Å². The van der Waals surface area contributed by atoms with E-state index < -0.39 is 0 Å². The summed E-state index contributed by atoms with van der Waals surface area (Å²) in [4.78, 5) is 15.2. The average molecular weight is 326 g/mol. The second-order valence-corrected chi connectivity index (χ2v) is 6.90. The Hall–Kier alpha value is -2.12. The van der Waals surface area contributed by atoms with E-state index in [0.29, 0.717) is 6.04 Å². The molecule has 0 bridgehead atoms. The number of rotatable bonds is 2. The molecule has 1 aromatic heterocycles. The summed E-state index contributed by atoms with van der Waals surface area (Å²) < 4.78 is 0. The van der Waals surface area contributed by atoms with Gasteiger partial charge in [-0.25, -0.2) is 4.98 Å². The highest BCUT2D eigenvalue weighted by atomic mass is 32.1. The number of nitrogens with one attached hydrogen (secondary N) is 1. The number of carbonyl (C=O) groups is 1. The maximum atomic E-state index is 9.85. The average Bonchev–Trinajstić information content (AvgIpc) is 3.18. The first-order valence-corrected chi connectivity index (χ1v) is 8.70. The molecule has 1 N–H and O–H groups in total. The van der Waals surface area contributed by atoms with E-state index in [9.17, 15) is 4.79 Å². The molecular formula is C19H22N2OS. The second kappa shape index (κ2) is 9.12. The smallest absolute Gasteiger partial charge is 0.207 e. The van der Waals surface area contributed by atoms with E-state index >= 15 is 0 Å². The predicted octanol–water partition coefficient (Wildman–Crippen LogP) is 3.83. The summed E-state index contributed by atoms with van der Waals surface area (Å²) in [7, 11) is 0. The molecule has 1 aliphatic carbocycles.